The Labute approximate surface area is 208 Å². The third-order valence-corrected chi connectivity index (χ3v) is 6.05. The molecule has 7 nitrogen and oxygen atoms in total. The zero-order valence-corrected chi connectivity index (χ0v) is 21.5. The van der Waals surface area contributed by atoms with Crippen LogP contribution < -0.4 is 19.1 Å². The fourth-order valence-corrected chi connectivity index (χ4v) is 4.59. The number of amides is 1. The predicted molar refractivity (Wildman–Crippen MR) is 134 cm³/mol. The maximum atomic E-state index is 14.3. The molecule has 3 aromatic rings. The SMILES string of the molecule is CCOc1cc(C(=O)N(CCCN(C)C)c2nc3c(F)cc(F)cc3s2)cc(OCC)c1OCC. The minimum absolute atomic E-state index is 0.0357. The van der Waals surface area contributed by atoms with Crippen LogP contribution >= 0.6 is 11.3 Å². The first-order valence-electron chi connectivity index (χ1n) is 11.6. The Bertz CT molecular complexity index is 1140. The highest BCUT2D eigenvalue weighted by Gasteiger charge is 2.26. The minimum atomic E-state index is -0.762. The molecule has 0 atom stereocenters. The van der Waals surface area contributed by atoms with Crippen LogP contribution in [0.4, 0.5) is 13.9 Å². The molecule has 0 aliphatic heterocycles. The van der Waals surface area contributed by atoms with Crippen molar-refractivity contribution in [2.45, 2.75) is 27.2 Å². The van der Waals surface area contributed by atoms with E-state index in [1.807, 2.05) is 39.8 Å². The Morgan fingerprint density at radius 1 is 0.943 bits per heavy atom. The molecular formula is C25H31F2N3O4S. The van der Waals surface area contributed by atoms with Gasteiger partial charge < -0.3 is 19.1 Å². The van der Waals surface area contributed by atoms with Crippen molar-refractivity contribution in [1.82, 2.24) is 9.88 Å². The highest BCUT2D eigenvalue weighted by molar-refractivity contribution is 7.22. The van der Waals surface area contributed by atoms with Gasteiger partial charge >= 0.3 is 0 Å². The first-order valence-corrected chi connectivity index (χ1v) is 12.4. The van der Waals surface area contributed by atoms with Gasteiger partial charge in [-0.2, -0.15) is 0 Å². The summed E-state index contributed by atoms with van der Waals surface area (Å²) in [6.45, 7) is 7.75. The van der Waals surface area contributed by atoms with Gasteiger partial charge in [-0.3, -0.25) is 9.69 Å². The van der Waals surface area contributed by atoms with E-state index in [9.17, 15) is 13.6 Å². The third-order valence-electron chi connectivity index (χ3n) is 5.02. The number of benzene rings is 2. The molecule has 0 aliphatic carbocycles. The van der Waals surface area contributed by atoms with Crippen LogP contribution in [0.25, 0.3) is 10.2 Å². The van der Waals surface area contributed by atoms with E-state index in [0.29, 0.717) is 60.3 Å². The van der Waals surface area contributed by atoms with Crippen LogP contribution in [-0.4, -0.2) is 62.8 Å². The van der Waals surface area contributed by atoms with Gasteiger partial charge in [0.25, 0.3) is 5.91 Å². The van der Waals surface area contributed by atoms with Crippen molar-refractivity contribution in [1.29, 1.82) is 0 Å². The molecule has 0 spiro atoms. The van der Waals surface area contributed by atoms with Crippen molar-refractivity contribution in [3.8, 4) is 17.2 Å². The molecule has 3 rings (SSSR count). The highest BCUT2D eigenvalue weighted by atomic mass is 32.1. The van der Waals surface area contributed by atoms with Crippen molar-refractivity contribution in [3.63, 3.8) is 0 Å². The van der Waals surface area contributed by atoms with Crippen LogP contribution in [0.15, 0.2) is 24.3 Å². The Kier molecular flexibility index (Phi) is 9.22. The normalized spacial score (nSPS) is 11.2. The van der Waals surface area contributed by atoms with Crippen molar-refractivity contribution in [2.75, 3.05) is 51.9 Å². The fraction of sp³-hybridized carbons (Fsp3) is 0.440. The molecule has 1 aromatic heterocycles. The molecule has 2 aromatic carbocycles. The first kappa shape index (κ1) is 26.6. The van der Waals surface area contributed by atoms with E-state index in [-0.39, 0.29) is 16.6 Å². The number of aromatic nitrogens is 1. The second kappa shape index (κ2) is 12.1. The summed E-state index contributed by atoms with van der Waals surface area (Å²) in [7, 11) is 3.88. The van der Waals surface area contributed by atoms with Gasteiger partial charge in [0.15, 0.2) is 22.4 Å². The molecule has 0 N–H and O–H groups in total. The Hall–Kier alpha value is -2.98. The van der Waals surface area contributed by atoms with E-state index in [0.717, 1.165) is 23.9 Å². The highest BCUT2D eigenvalue weighted by Crippen LogP contribution is 2.40. The molecule has 0 radical (unpaired) electrons. The average molecular weight is 508 g/mol. The van der Waals surface area contributed by atoms with Crippen LogP contribution in [0.3, 0.4) is 0 Å². The van der Waals surface area contributed by atoms with Crippen molar-refractivity contribution in [2.24, 2.45) is 0 Å². The van der Waals surface area contributed by atoms with Crippen LogP contribution in [-0.2, 0) is 0 Å². The molecule has 0 fully saturated rings. The van der Waals surface area contributed by atoms with E-state index in [1.165, 1.54) is 11.0 Å². The summed E-state index contributed by atoms with van der Waals surface area (Å²) in [5.41, 5.74) is 0.352. The molecule has 1 heterocycles. The number of anilines is 1. The van der Waals surface area contributed by atoms with Gasteiger partial charge in [0.2, 0.25) is 5.75 Å². The quantitative estimate of drug-likeness (QED) is 0.329. The number of rotatable bonds is 12. The Balaban J connectivity index is 2.08. The summed E-state index contributed by atoms with van der Waals surface area (Å²) in [6.07, 6.45) is 0.652. The fourth-order valence-electron chi connectivity index (χ4n) is 3.56. The lowest BCUT2D eigenvalue weighted by molar-refractivity contribution is 0.0985. The standard InChI is InChI=1S/C25H31F2N3O4S/c1-6-32-19-12-16(13-20(33-7-2)23(19)34-8-3)24(31)30(11-9-10-29(4)5)25-28-22-18(27)14-17(26)15-21(22)35-25/h12-15H,6-11H2,1-5H3. The van der Waals surface area contributed by atoms with Crippen LogP contribution in [0.1, 0.15) is 37.6 Å². The van der Waals surface area contributed by atoms with E-state index in [2.05, 4.69) is 4.98 Å². The molecule has 0 unspecified atom stereocenters. The Morgan fingerprint density at radius 3 is 2.14 bits per heavy atom. The van der Waals surface area contributed by atoms with E-state index < -0.39 is 11.6 Å². The molecule has 10 heteroatoms. The summed E-state index contributed by atoms with van der Waals surface area (Å²) in [6, 6.07) is 5.25. The zero-order valence-electron chi connectivity index (χ0n) is 20.7. The largest absolute Gasteiger partial charge is 0.490 e. The average Bonchev–Trinajstić information content (AvgIpc) is 3.22. The number of hydrogen-bond donors (Lipinski definition) is 0. The number of fused-ring (bicyclic) bond motifs is 1. The van der Waals surface area contributed by atoms with Gasteiger partial charge in [-0.15, -0.1) is 0 Å². The van der Waals surface area contributed by atoms with E-state index in [1.54, 1.807) is 12.1 Å². The molecule has 0 aliphatic rings. The van der Waals surface area contributed by atoms with Crippen molar-refractivity contribution < 1.29 is 27.8 Å². The lowest BCUT2D eigenvalue weighted by atomic mass is 10.1. The van der Waals surface area contributed by atoms with Crippen molar-refractivity contribution >= 4 is 32.6 Å². The minimum Gasteiger partial charge on any atom is -0.490 e. The summed E-state index contributed by atoms with van der Waals surface area (Å²) >= 11 is 1.07. The van der Waals surface area contributed by atoms with Gasteiger partial charge in [-0.1, -0.05) is 11.3 Å². The molecule has 190 valence electrons. The van der Waals surface area contributed by atoms with Crippen LogP contribution in [0, 0.1) is 11.6 Å². The van der Waals surface area contributed by atoms with Crippen molar-refractivity contribution in [3.05, 3.63) is 41.5 Å². The Morgan fingerprint density at radius 2 is 1.57 bits per heavy atom. The van der Waals surface area contributed by atoms with Gasteiger partial charge in [-0.05, 0) is 66.0 Å². The number of carbonyl (C=O) groups is 1. The summed E-state index contributed by atoms with van der Waals surface area (Å²) in [5.74, 6) is -0.576. The molecule has 0 bridgehead atoms. The van der Waals surface area contributed by atoms with Gasteiger partial charge in [0.05, 0.1) is 24.5 Å². The number of hydrogen-bond acceptors (Lipinski definition) is 7. The predicted octanol–water partition coefficient (Wildman–Crippen LogP) is 5.37. The van der Waals surface area contributed by atoms with Gasteiger partial charge in [0, 0.05) is 18.2 Å². The lowest BCUT2D eigenvalue weighted by Gasteiger charge is -2.22. The lowest BCUT2D eigenvalue weighted by Crippen LogP contribution is -2.33. The third kappa shape index (κ3) is 6.37. The summed E-state index contributed by atoms with van der Waals surface area (Å²) in [4.78, 5) is 21.6. The molecule has 35 heavy (non-hydrogen) atoms. The molecule has 0 saturated carbocycles. The maximum Gasteiger partial charge on any atom is 0.260 e. The number of carbonyl (C=O) groups excluding carboxylic acids is 1. The van der Waals surface area contributed by atoms with Crippen LogP contribution in [0.2, 0.25) is 0 Å². The maximum absolute atomic E-state index is 14.3. The molecular weight excluding hydrogens is 476 g/mol. The number of nitrogens with zero attached hydrogens (tertiary/aromatic N) is 3. The second-order valence-corrected chi connectivity index (χ2v) is 8.95. The second-order valence-electron chi connectivity index (χ2n) is 7.95. The summed E-state index contributed by atoms with van der Waals surface area (Å²) < 4.78 is 45.7. The topological polar surface area (TPSA) is 64.1 Å². The molecule has 1 amide bonds. The number of halogens is 2. The first-order chi connectivity index (χ1) is 16.8. The number of ether oxygens (including phenoxy) is 3. The zero-order chi connectivity index (χ0) is 25.5. The smallest absolute Gasteiger partial charge is 0.260 e. The van der Waals surface area contributed by atoms with Gasteiger partial charge in [-0.25, -0.2) is 13.8 Å². The number of thiazole rings is 1. The van der Waals surface area contributed by atoms with E-state index in [4.69, 9.17) is 14.2 Å². The van der Waals surface area contributed by atoms with Crippen LogP contribution in [0.5, 0.6) is 17.2 Å². The van der Waals surface area contributed by atoms with E-state index >= 15 is 0 Å². The molecule has 0 saturated heterocycles. The summed E-state index contributed by atoms with van der Waals surface area (Å²) in [5, 5.41) is 0.290. The monoisotopic (exact) mass is 507 g/mol. The van der Waals surface area contributed by atoms with Gasteiger partial charge in [0.1, 0.15) is 11.3 Å².